The average molecular weight is 345 g/mol. The SMILES string of the molecule is C=C(C)COc1ccc(NC(=O)CNc2cc(Cl)ccc2C)cc1. The van der Waals surface area contributed by atoms with E-state index in [0.717, 1.165) is 22.6 Å². The summed E-state index contributed by atoms with van der Waals surface area (Å²) < 4.78 is 5.52. The minimum absolute atomic E-state index is 0.134. The minimum atomic E-state index is -0.134. The summed E-state index contributed by atoms with van der Waals surface area (Å²) in [4.78, 5) is 12.0. The maximum absolute atomic E-state index is 12.0. The number of hydrogen-bond donors (Lipinski definition) is 2. The van der Waals surface area contributed by atoms with Crippen molar-refractivity contribution in [3.8, 4) is 5.75 Å². The topological polar surface area (TPSA) is 50.4 Å². The Hall–Kier alpha value is -2.46. The maximum atomic E-state index is 12.0. The molecule has 0 aromatic heterocycles. The van der Waals surface area contributed by atoms with Gasteiger partial charge in [-0.25, -0.2) is 0 Å². The summed E-state index contributed by atoms with van der Waals surface area (Å²) in [5.74, 6) is 0.605. The highest BCUT2D eigenvalue weighted by molar-refractivity contribution is 6.30. The Kier molecular flexibility index (Phi) is 6.27. The van der Waals surface area contributed by atoms with Crippen molar-refractivity contribution < 1.29 is 9.53 Å². The monoisotopic (exact) mass is 344 g/mol. The van der Waals surface area contributed by atoms with Crippen LogP contribution in [0.1, 0.15) is 12.5 Å². The lowest BCUT2D eigenvalue weighted by molar-refractivity contribution is -0.114. The molecule has 2 aromatic rings. The molecular formula is C19H21ClN2O2. The number of halogens is 1. The smallest absolute Gasteiger partial charge is 0.243 e. The number of ether oxygens (including phenoxy) is 1. The van der Waals surface area contributed by atoms with Crippen molar-refractivity contribution in [1.82, 2.24) is 0 Å². The molecule has 0 radical (unpaired) electrons. The summed E-state index contributed by atoms with van der Waals surface area (Å²) in [6, 6.07) is 12.8. The third-order valence-corrected chi connectivity index (χ3v) is 3.50. The van der Waals surface area contributed by atoms with Gasteiger partial charge < -0.3 is 15.4 Å². The van der Waals surface area contributed by atoms with Crippen LogP contribution in [0, 0.1) is 6.92 Å². The van der Waals surface area contributed by atoms with E-state index in [1.165, 1.54) is 0 Å². The zero-order valence-electron chi connectivity index (χ0n) is 13.9. The number of aryl methyl sites for hydroxylation is 1. The molecule has 24 heavy (non-hydrogen) atoms. The fourth-order valence-corrected chi connectivity index (χ4v) is 2.18. The summed E-state index contributed by atoms with van der Waals surface area (Å²) >= 11 is 5.96. The molecule has 0 spiro atoms. The molecule has 1 amide bonds. The molecule has 2 N–H and O–H groups in total. The van der Waals surface area contributed by atoms with E-state index in [-0.39, 0.29) is 12.5 Å². The normalized spacial score (nSPS) is 10.1. The first-order valence-electron chi connectivity index (χ1n) is 7.61. The van der Waals surface area contributed by atoms with Crippen LogP contribution in [-0.2, 0) is 4.79 Å². The molecule has 0 atom stereocenters. The lowest BCUT2D eigenvalue weighted by Crippen LogP contribution is -2.22. The molecule has 2 rings (SSSR count). The zero-order chi connectivity index (χ0) is 17.5. The first-order chi connectivity index (χ1) is 11.4. The third kappa shape index (κ3) is 5.63. The Morgan fingerprint density at radius 1 is 1.21 bits per heavy atom. The number of anilines is 2. The molecule has 4 nitrogen and oxygen atoms in total. The first kappa shape index (κ1) is 17.9. The van der Waals surface area contributed by atoms with Crippen LogP contribution >= 0.6 is 11.6 Å². The molecular weight excluding hydrogens is 324 g/mol. The van der Waals surface area contributed by atoms with Crippen molar-refractivity contribution >= 4 is 28.9 Å². The fourth-order valence-electron chi connectivity index (χ4n) is 2.01. The second-order valence-electron chi connectivity index (χ2n) is 5.63. The number of carbonyl (C=O) groups excluding carboxylic acids is 1. The van der Waals surface area contributed by atoms with Gasteiger partial charge in [0.15, 0.2) is 0 Å². The van der Waals surface area contributed by atoms with E-state index in [1.54, 1.807) is 18.2 Å². The van der Waals surface area contributed by atoms with Gasteiger partial charge in [-0.05, 0) is 61.4 Å². The van der Waals surface area contributed by atoms with Crippen LogP contribution in [0.25, 0.3) is 0 Å². The van der Waals surface area contributed by atoms with Crippen LogP contribution in [0.15, 0.2) is 54.6 Å². The summed E-state index contributed by atoms with van der Waals surface area (Å²) in [6.45, 7) is 8.29. The van der Waals surface area contributed by atoms with Crippen LogP contribution in [0.3, 0.4) is 0 Å². The highest BCUT2D eigenvalue weighted by Crippen LogP contribution is 2.20. The van der Waals surface area contributed by atoms with Crippen molar-refractivity contribution in [3.63, 3.8) is 0 Å². The molecule has 0 fully saturated rings. The lowest BCUT2D eigenvalue weighted by atomic mass is 10.2. The van der Waals surface area contributed by atoms with Crippen molar-refractivity contribution in [2.45, 2.75) is 13.8 Å². The molecule has 0 saturated heterocycles. The van der Waals surface area contributed by atoms with Gasteiger partial charge in [-0.15, -0.1) is 0 Å². The third-order valence-electron chi connectivity index (χ3n) is 3.26. The highest BCUT2D eigenvalue weighted by atomic mass is 35.5. The Labute approximate surface area is 147 Å². The number of hydrogen-bond acceptors (Lipinski definition) is 3. The molecule has 0 aliphatic heterocycles. The summed E-state index contributed by atoms with van der Waals surface area (Å²) in [6.07, 6.45) is 0. The van der Waals surface area contributed by atoms with Crippen molar-refractivity contribution in [2.75, 3.05) is 23.8 Å². The predicted molar refractivity (Wildman–Crippen MR) is 100 cm³/mol. The molecule has 0 unspecified atom stereocenters. The van der Waals surface area contributed by atoms with E-state index in [9.17, 15) is 4.79 Å². The van der Waals surface area contributed by atoms with Gasteiger partial charge in [0.1, 0.15) is 12.4 Å². The molecule has 2 aromatic carbocycles. The number of nitrogens with one attached hydrogen (secondary N) is 2. The summed E-state index contributed by atoms with van der Waals surface area (Å²) in [7, 11) is 0. The molecule has 0 bridgehead atoms. The van der Waals surface area contributed by atoms with Crippen LogP contribution < -0.4 is 15.4 Å². The second-order valence-corrected chi connectivity index (χ2v) is 6.07. The largest absolute Gasteiger partial charge is 0.489 e. The maximum Gasteiger partial charge on any atom is 0.243 e. The van der Waals surface area contributed by atoms with Gasteiger partial charge in [0.2, 0.25) is 5.91 Å². The molecule has 0 aliphatic carbocycles. The first-order valence-corrected chi connectivity index (χ1v) is 7.99. The number of rotatable bonds is 7. The van der Waals surface area contributed by atoms with Crippen LogP contribution in [0.5, 0.6) is 5.75 Å². The van der Waals surface area contributed by atoms with Gasteiger partial charge in [0.25, 0.3) is 0 Å². The summed E-state index contributed by atoms with van der Waals surface area (Å²) in [5.41, 5.74) is 3.55. The zero-order valence-corrected chi connectivity index (χ0v) is 14.6. The van der Waals surface area contributed by atoms with Crippen LogP contribution in [-0.4, -0.2) is 19.1 Å². The molecule has 0 aliphatic rings. The standard InChI is InChI=1S/C19H21ClN2O2/c1-13(2)12-24-17-8-6-16(7-9-17)22-19(23)11-21-18-10-15(20)5-4-14(18)3/h4-10,21H,1,11-12H2,2-3H3,(H,22,23). The lowest BCUT2D eigenvalue weighted by Gasteiger charge is -2.11. The van der Waals surface area contributed by atoms with Crippen molar-refractivity contribution in [3.05, 3.63) is 65.2 Å². The van der Waals surface area contributed by atoms with E-state index >= 15 is 0 Å². The van der Waals surface area contributed by atoms with E-state index in [2.05, 4.69) is 17.2 Å². The Bertz CT molecular complexity index is 727. The van der Waals surface area contributed by atoms with Gasteiger partial charge >= 0.3 is 0 Å². The van der Waals surface area contributed by atoms with Gasteiger partial charge in [-0.3, -0.25) is 4.79 Å². The summed E-state index contributed by atoms with van der Waals surface area (Å²) in [5, 5.41) is 6.55. The fraction of sp³-hybridized carbons (Fsp3) is 0.211. The van der Waals surface area contributed by atoms with Gasteiger partial charge in [-0.1, -0.05) is 24.2 Å². The molecule has 126 valence electrons. The van der Waals surface area contributed by atoms with E-state index in [4.69, 9.17) is 16.3 Å². The molecule has 5 heteroatoms. The van der Waals surface area contributed by atoms with E-state index in [0.29, 0.717) is 17.3 Å². The Morgan fingerprint density at radius 2 is 1.92 bits per heavy atom. The van der Waals surface area contributed by atoms with Crippen LogP contribution in [0.2, 0.25) is 5.02 Å². The quantitative estimate of drug-likeness (QED) is 0.718. The minimum Gasteiger partial charge on any atom is -0.489 e. The van der Waals surface area contributed by atoms with Crippen molar-refractivity contribution in [1.29, 1.82) is 0 Å². The number of amides is 1. The number of carbonyl (C=O) groups is 1. The van der Waals surface area contributed by atoms with Crippen LogP contribution in [0.4, 0.5) is 11.4 Å². The van der Waals surface area contributed by atoms with Crippen molar-refractivity contribution in [2.24, 2.45) is 0 Å². The van der Waals surface area contributed by atoms with Gasteiger partial charge in [0, 0.05) is 16.4 Å². The van der Waals surface area contributed by atoms with E-state index < -0.39 is 0 Å². The Balaban J connectivity index is 1.85. The highest BCUT2D eigenvalue weighted by Gasteiger charge is 2.05. The Morgan fingerprint density at radius 3 is 2.58 bits per heavy atom. The van der Waals surface area contributed by atoms with Gasteiger partial charge in [0.05, 0.1) is 6.54 Å². The van der Waals surface area contributed by atoms with E-state index in [1.807, 2.05) is 38.1 Å². The second kappa shape index (κ2) is 8.41. The predicted octanol–water partition coefficient (Wildman–Crippen LogP) is 4.65. The average Bonchev–Trinajstić information content (AvgIpc) is 2.55. The molecule has 0 saturated carbocycles. The molecule has 0 heterocycles. The number of benzene rings is 2. The van der Waals surface area contributed by atoms with Gasteiger partial charge in [-0.2, -0.15) is 0 Å².